The van der Waals surface area contributed by atoms with Gasteiger partial charge < -0.3 is 14.8 Å². The summed E-state index contributed by atoms with van der Waals surface area (Å²) in [5.41, 5.74) is -0.106. The van der Waals surface area contributed by atoms with Crippen molar-refractivity contribution in [3.05, 3.63) is 23.7 Å². The lowest BCUT2D eigenvalue weighted by atomic mass is 9.84. The quantitative estimate of drug-likeness (QED) is 0.795. The Morgan fingerprint density at radius 3 is 2.53 bits per heavy atom. The smallest absolute Gasteiger partial charge is 0.303 e. The highest BCUT2D eigenvalue weighted by atomic mass is 16.4. The molecule has 0 aliphatic heterocycles. The molecular weight excluding hydrogens is 246 g/mol. The van der Waals surface area contributed by atoms with E-state index in [4.69, 9.17) is 9.52 Å². The first kappa shape index (κ1) is 15.3. The number of nitrogens with one attached hydrogen (secondary N) is 1. The number of amides is 1. The highest BCUT2D eigenvalue weighted by Crippen LogP contribution is 2.26. The van der Waals surface area contributed by atoms with Crippen molar-refractivity contribution in [3.63, 3.8) is 0 Å². The Hall–Kier alpha value is -1.78. The molecule has 1 heterocycles. The number of carboxylic acids is 1. The van der Waals surface area contributed by atoms with Crippen molar-refractivity contribution in [2.24, 2.45) is 5.41 Å². The Labute approximate surface area is 113 Å². The molecule has 0 aliphatic rings. The van der Waals surface area contributed by atoms with E-state index in [0.717, 1.165) is 6.42 Å². The lowest BCUT2D eigenvalue weighted by Gasteiger charge is -2.23. The molecule has 5 heteroatoms. The fourth-order valence-electron chi connectivity index (χ4n) is 1.73. The molecule has 1 rings (SSSR count). The van der Waals surface area contributed by atoms with Crippen LogP contribution in [0.1, 0.15) is 49.4 Å². The second kappa shape index (κ2) is 6.41. The minimum atomic E-state index is -0.789. The topological polar surface area (TPSA) is 79.5 Å². The number of aliphatic carboxylic acids is 1. The Morgan fingerprint density at radius 1 is 1.32 bits per heavy atom. The number of hydrogen-bond acceptors (Lipinski definition) is 3. The van der Waals surface area contributed by atoms with Gasteiger partial charge in [-0.05, 0) is 37.3 Å². The van der Waals surface area contributed by atoms with Crippen molar-refractivity contribution < 1.29 is 19.1 Å². The van der Waals surface area contributed by atoms with E-state index in [-0.39, 0.29) is 17.7 Å². The van der Waals surface area contributed by atoms with E-state index in [1.165, 1.54) is 0 Å². The van der Waals surface area contributed by atoms with Crippen LogP contribution in [0.2, 0.25) is 0 Å². The van der Waals surface area contributed by atoms with Gasteiger partial charge in [0.1, 0.15) is 5.76 Å². The van der Waals surface area contributed by atoms with Crippen molar-refractivity contribution in [3.8, 4) is 0 Å². The van der Waals surface area contributed by atoms with Crippen LogP contribution in [0.5, 0.6) is 0 Å². The van der Waals surface area contributed by atoms with Crippen LogP contribution in [-0.2, 0) is 4.79 Å². The summed E-state index contributed by atoms with van der Waals surface area (Å²) in [5, 5.41) is 11.4. The summed E-state index contributed by atoms with van der Waals surface area (Å²) < 4.78 is 5.22. The van der Waals surface area contributed by atoms with Crippen LogP contribution in [0, 0.1) is 12.3 Å². The predicted octanol–water partition coefficient (Wildman–Crippen LogP) is 2.60. The number of hydrogen-bond donors (Lipinski definition) is 2. The van der Waals surface area contributed by atoms with E-state index >= 15 is 0 Å². The van der Waals surface area contributed by atoms with Gasteiger partial charge in [-0.25, -0.2) is 0 Å². The van der Waals surface area contributed by atoms with Crippen LogP contribution >= 0.6 is 0 Å². The first-order valence-electron chi connectivity index (χ1n) is 6.37. The van der Waals surface area contributed by atoms with Crippen LogP contribution in [-0.4, -0.2) is 23.5 Å². The second-order valence-corrected chi connectivity index (χ2v) is 5.47. The molecule has 0 bridgehead atoms. The molecule has 0 saturated carbocycles. The van der Waals surface area contributed by atoms with Crippen LogP contribution < -0.4 is 5.32 Å². The summed E-state index contributed by atoms with van der Waals surface area (Å²) in [6, 6.07) is 3.38. The van der Waals surface area contributed by atoms with Gasteiger partial charge in [0.15, 0.2) is 5.76 Å². The van der Waals surface area contributed by atoms with Crippen molar-refractivity contribution >= 4 is 11.9 Å². The van der Waals surface area contributed by atoms with Gasteiger partial charge in [0.25, 0.3) is 5.91 Å². The number of furan rings is 1. The lowest BCUT2D eigenvalue weighted by molar-refractivity contribution is -0.137. The molecule has 0 radical (unpaired) electrons. The van der Waals surface area contributed by atoms with E-state index in [9.17, 15) is 9.59 Å². The summed E-state index contributed by atoms with van der Waals surface area (Å²) in [7, 11) is 0. The van der Waals surface area contributed by atoms with Gasteiger partial charge in [-0.15, -0.1) is 0 Å². The molecule has 19 heavy (non-hydrogen) atoms. The van der Waals surface area contributed by atoms with E-state index in [2.05, 4.69) is 5.32 Å². The number of carboxylic acid groups (broad SMARTS) is 1. The monoisotopic (exact) mass is 267 g/mol. The van der Waals surface area contributed by atoms with Crippen molar-refractivity contribution in [2.45, 2.75) is 40.0 Å². The molecule has 106 valence electrons. The third-order valence-corrected chi connectivity index (χ3v) is 3.07. The molecule has 0 atom stereocenters. The molecule has 1 aromatic heterocycles. The molecular formula is C14H21NO4. The van der Waals surface area contributed by atoms with Gasteiger partial charge in [0.05, 0.1) is 0 Å². The highest BCUT2D eigenvalue weighted by Gasteiger charge is 2.19. The van der Waals surface area contributed by atoms with Crippen LogP contribution in [0.25, 0.3) is 0 Å². The normalized spacial score (nSPS) is 11.3. The van der Waals surface area contributed by atoms with E-state index < -0.39 is 5.97 Å². The van der Waals surface area contributed by atoms with Crippen LogP contribution in [0.4, 0.5) is 0 Å². The molecule has 0 aliphatic carbocycles. The van der Waals surface area contributed by atoms with Gasteiger partial charge in [-0.1, -0.05) is 13.8 Å². The van der Waals surface area contributed by atoms with E-state index in [1.807, 2.05) is 13.8 Å². The average molecular weight is 267 g/mol. The molecule has 2 N–H and O–H groups in total. The standard InChI is InChI=1S/C14H21NO4/c1-10-4-5-11(19-10)13(18)15-9-8-14(2,3)7-6-12(16)17/h4-5H,6-9H2,1-3H3,(H,15,18)(H,16,17). The highest BCUT2D eigenvalue weighted by molar-refractivity contribution is 5.91. The van der Waals surface area contributed by atoms with E-state index in [1.54, 1.807) is 19.1 Å². The summed E-state index contributed by atoms with van der Waals surface area (Å²) in [6.45, 7) is 6.29. The minimum Gasteiger partial charge on any atom is -0.481 e. The van der Waals surface area contributed by atoms with Crippen LogP contribution in [0.15, 0.2) is 16.5 Å². The van der Waals surface area contributed by atoms with Gasteiger partial charge in [0, 0.05) is 13.0 Å². The first-order valence-corrected chi connectivity index (χ1v) is 6.37. The van der Waals surface area contributed by atoms with Gasteiger partial charge in [-0.3, -0.25) is 9.59 Å². The Morgan fingerprint density at radius 2 is 2.00 bits per heavy atom. The number of rotatable bonds is 7. The second-order valence-electron chi connectivity index (χ2n) is 5.47. The van der Waals surface area contributed by atoms with Crippen molar-refractivity contribution in [1.29, 1.82) is 0 Å². The minimum absolute atomic E-state index is 0.106. The molecule has 0 spiro atoms. The van der Waals surface area contributed by atoms with Gasteiger partial charge in [0.2, 0.25) is 0 Å². The van der Waals surface area contributed by atoms with Crippen molar-refractivity contribution in [1.82, 2.24) is 5.32 Å². The molecule has 0 saturated heterocycles. The van der Waals surface area contributed by atoms with Gasteiger partial charge in [-0.2, -0.15) is 0 Å². The zero-order valence-electron chi connectivity index (χ0n) is 11.7. The number of carbonyl (C=O) groups excluding carboxylic acids is 1. The fraction of sp³-hybridized carbons (Fsp3) is 0.571. The Kier molecular flexibility index (Phi) is 5.15. The Balaban J connectivity index is 2.33. The Bertz CT molecular complexity index is 448. The molecule has 5 nitrogen and oxygen atoms in total. The zero-order valence-corrected chi connectivity index (χ0v) is 11.7. The third kappa shape index (κ3) is 5.59. The van der Waals surface area contributed by atoms with Crippen molar-refractivity contribution in [2.75, 3.05) is 6.54 Å². The summed E-state index contributed by atoms with van der Waals surface area (Å²) in [5.74, 6) is -0.0157. The van der Waals surface area contributed by atoms with E-state index in [0.29, 0.717) is 24.5 Å². The molecule has 1 amide bonds. The average Bonchev–Trinajstić information content (AvgIpc) is 2.73. The predicted molar refractivity (Wildman–Crippen MR) is 71.0 cm³/mol. The maximum atomic E-state index is 11.7. The zero-order chi connectivity index (χ0) is 14.5. The summed E-state index contributed by atoms with van der Waals surface area (Å²) in [4.78, 5) is 22.2. The fourth-order valence-corrected chi connectivity index (χ4v) is 1.73. The molecule has 0 fully saturated rings. The number of carbonyl (C=O) groups is 2. The summed E-state index contributed by atoms with van der Waals surface area (Å²) >= 11 is 0. The molecule has 0 unspecified atom stereocenters. The maximum Gasteiger partial charge on any atom is 0.303 e. The summed E-state index contributed by atoms with van der Waals surface area (Å²) in [6.07, 6.45) is 1.47. The SMILES string of the molecule is Cc1ccc(C(=O)NCCC(C)(C)CCC(=O)O)o1. The lowest BCUT2D eigenvalue weighted by Crippen LogP contribution is -2.28. The van der Waals surface area contributed by atoms with Crippen LogP contribution in [0.3, 0.4) is 0 Å². The maximum absolute atomic E-state index is 11.7. The molecule has 1 aromatic rings. The largest absolute Gasteiger partial charge is 0.481 e. The first-order chi connectivity index (χ1) is 8.80. The van der Waals surface area contributed by atoms with Gasteiger partial charge >= 0.3 is 5.97 Å². The third-order valence-electron chi connectivity index (χ3n) is 3.07. The molecule has 0 aromatic carbocycles. The number of aryl methyl sites for hydroxylation is 1.